The normalized spacial score (nSPS) is 15.5. The van der Waals surface area contributed by atoms with E-state index in [-0.39, 0.29) is 11.8 Å². The summed E-state index contributed by atoms with van der Waals surface area (Å²) in [6.45, 7) is 0. The molecule has 0 radical (unpaired) electrons. The first-order valence-electron chi connectivity index (χ1n) is 24.2. The van der Waals surface area contributed by atoms with Gasteiger partial charge in [0.15, 0.2) is 0 Å². The molecule has 336 valence electrons. The van der Waals surface area contributed by atoms with Crippen LogP contribution < -0.4 is 14.7 Å². The summed E-state index contributed by atoms with van der Waals surface area (Å²) in [5, 5.41) is 8.48. The predicted molar refractivity (Wildman–Crippen MR) is 294 cm³/mol. The molecule has 1 aliphatic heterocycles. The number of benzene rings is 11. The van der Waals surface area contributed by atoms with Gasteiger partial charge in [-0.2, -0.15) is 0 Å². The second kappa shape index (κ2) is 17.3. The third-order valence-corrected chi connectivity index (χ3v) is 14.3. The molecule has 11 aromatic carbocycles. The highest BCUT2D eigenvalue weighted by molar-refractivity contribution is 6.30. The van der Waals surface area contributed by atoms with E-state index in [4.69, 9.17) is 0 Å². The molecule has 5 nitrogen and oxygen atoms in total. The van der Waals surface area contributed by atoms with Crippen molar-refractivity contribution >= 4 is 106 Å². The van der Waals surface area contributed by atoms with Gasteiger partial charge in [-0.3, -0.25) is 9.59 Å². The van der Waals surface area contributed by atoms with Gasteiger partial charge in [-0.15, -0.1) is 0 Å². The molecule has 0 spiro atoms. The van der Waals surface area contributed by atoms with E-state index in [1.807, 2.05) is 54.6 Å². The molecule has 1 fully saturated rings. The lowest BCUT2D eigenvalue weighted by Crippen LogP contribution is -2.31. The van der Waals surface area contributed by atoms with Crippen LogP contribution in [0.1, 0.15) is 11.1 Å². The van der Waals surface area contributed by atoms with Crippen molar-refractivity contribution in [1.29, 1.82) is 0 Å². The first kappa shape index (κ1) is 41.8. The zero-order chi connectivity index (χ0) is 47.4. The Labute approximate surface area is 412 Å². The Morgan fingerprint density at radius 1 is 0.310 bits per heavy atom. The van der Waals surface area contributed by atoms with Crippen LogP contribution >= 0.6 is 0 Å². The summed E-state index contributed by atoms with van der Waals surface area (Å²) in [6.07, 6.45) is 4.24. The van der Waals surface area contributed by atoms with Crippen molar-refractivity contribution in [3.05, 3.63) is 272 Å². The third kappa shape index (κ3) is 7.09. The number of anilines is 7. The summed E-state index contributed by atoms with van der Waals surface area (Å²) < 4.78 is 0. The van der Waals surface area contributed by atoms with Crippen LogP contribution in [-0.2, 0) is 9.59 Å². The Kier molecular flexibility index (Phi) is 10.2. The zero-order valence-corrected chi connectivity index (χ0v) is 38.6. The van der Waals surface area contributed by atoms with Crippen molar-refractivity contribution in [2.24, 2.45) is 11.8 Å². The molecule has 0 N–H and O–H groups in total. The number of carbonyl (C=O) groups is 2. The van der Waals surface area contributed by atoms with Crippen LogP contribution in [0.2, 0.25) is 0 Å². The number of fused-ring (bicyclic) bond motifs is 5. The van der Waals surface area contributed by atoms with Crippen LogP contribution in [0.3, 0.4) is 0 Å². The summed E-state index contributed by atoms with van der Waals surface area (Å²) in [4.78, 5) is 37.1. The fourth-order valence-electron chi connectivity index (χ4n) is 11.1. The Bertz CT molecular complexity index is 3610. The van der Waals surface area contributed by atoms with E-state index in [0.717, 1.165) is 99.5 Å². The molecule has 13 rings (SSSR count). The predicted octanol–water partition coefficient (Wildman–Crippen LogP) is 16.5. The Morgan fingerprint density at radius 3 is 0.944 bits per heavy atom. The maximum atomic E-state index is 15.5. The highest BCUT2D eigenvalue weighted by Gasteiger charge is 2.53. The topological polar surface area (TPSA) is 43.9 Å². The lowest BCUT2D eigenvalue weighted by Gasteiger charge is -2.30. The standard InChI is InChI=1S/C66H45N3O2/c70-65-63-55(53-36-38-61(59-42-46-22-18-16-20-44(46)40-57(53)59)67(48-24-6-1-7-25-48)49-26-8-2-9-27-49)34-35-56(64(63)66(71)69(65)52-32-14-5-15-33-52)54-37-39-62(60-43-47-23-19-17-21-45(47)41-58(54)60)68(50-28-10-3-11-29-50)51-30-12-4-13-31-51/h1-43,63-64H. The van der Waals surface area contributed by atoms with Gasteiger partial charge >= 0.3 is 0 Å². The number of hydrogen-bond donors (Lipinski definition) is 0. The molecule has 5 heteroatoms. The number of allylic oxidation sites excluding steroid dienone is 2. The van der Waals surface area contributed by atoms with Crippen molar-refractivity contribution in [1.82, 2.24) is 0 Å². The SMILES string of the molecule is O=C1C2C(c3ccc(N(c4ccccc4)c4ccccc4)c4cc5ccccc5cc34)=CC=C(c3ccc(N(c4ccccc4)c4ccccc4)c4cc5ccccc5cc34)C2C(=O)N1c1ccccc1. The summed E-state index contributed by atoms with van der Waals surface area (Å²) >= 11 is 0. The van der Waals surface area contributed by atoms with E-state index in [9.17, 15) is 0 Å². The lowest BCUT2D eigenvalue weighted by molar-refractivity contribution is -0.122. The minimum atomic E-state index is -0.803. The van der Waals surface area contributed by atoms with Gasteiger partial charge in [-0.25, -0.2) is 4.90 Å². The molecule has 0 saturated carbocycles. The molecule has 1 aliphatic carbocycles. The number of para-hydroxylation sites is 5. The molecule has 0 aromatic heterocycles. The third-order valence-electron chi connectivity index (χ3n) is 14.3. The number of rotatable bonds is 9. The van der Waals surface area contributed by atoms with Crippen LogP contribution in [0, 0.1) is 11.8 Å². The van der Waals surface area contributed by atoms with Gasteiger partial charge in [0.2, 0.25) is 11.8 Å². The zero-order valence-electron chi connectivity index (χ0n) is 38.6. The van der Waals surface area contributed by atoms with Gasteiger partial charge in [0.25, 0.3) is 0 Å². The number of nitrogens with zero attached hydrogens (tertiary/aromatic N) is 3. The molecule has 2 unspecified atom stereocenters. The van der Waals surface area contributed by atoms with Gasteiger partial charge in [-0.05, 0) is 152 Å². The van der Waals surface area contributed by atoms with E-state index in [0.29, 0.717) is 5.69 Å². The number of imide groups is 1. The average molecular weight is 912 g/mol. The van der Waals surface area contributed by atoms with Crippen LogP contribution in [0.25, 0.3) is 54.2 Å². The van der Waals surface area contributed by atoms with Crippen molar-refractivity contribution in [2.75, 3.05) is 14.7 Å². The molecule has 71 heavy (non-hydrogen) atoms. The molecule has 1 heterocycles. The molecule has 1 saturated heterocycles. The minimum absolute atomic E-state index is 0.234. The maximum Gasteiger partial charge on any atom is 0.242 e. The van der Waals surface area contributed by atoms with E-state index in [1.54, 1.807) is 0 Å². The van der Waals surface area contributed by atoms with Crippen molar-refractivity contribution in [2.45, 2.75) is 0 Å². The van der Waals surface area contributed by atoms with Crippen molar-refractivity contribution in [3.8, 4) is 0 Å². The summed E-state index contributed by atoms with van der Waals surface area (Å²) in [6, 6.07) is 85.8. The highest BCUT2D eigenvalue weighted by atomic mass is 16.2. The van der Waals surface area contributed by atoms with E-state index in [1.165, 1.54) is 4.90 Å². The molecule has 0 bridgehead atoms. The van der Waals surface area contributed by atoms with Crippen molar-refractivity contribution < 1.29 is 9.59 Å². The van der Waals surface area contributed by atoms with Gasteiger partial charge in [0.1, 0.15) is 0 Å². The first-order valence-corrected chi connectivity index (χ1v) is 24.2. The molecule has 11 aromatic rings. The molecular formula is C66H45N3O2. The van der Waals surface area contributed by atoms with Gasteiger partial charge in [0.05, 0.1) is 28.9 Å². The molecule has 2 aliphatic rings. The number of hydrogen-bond acceptors (Lipinski definition) is 4. The van der Waals surface area contributed by atoms with E-state index in [2.05, 4.69) is 216 Å². The smallest absolute Gasteiger partial charge is 0.242 e. The van der Waals surface area contributed by atoms with Gasteiger partial charge in [-0.1, -0.05) is 164 Å². The quantitative estimate of drug-likeness (QED) is 0.107. The Morgan fingerprint density at radius 2 is 0.606 bits per heavy atom. The lowest BCUT2D eigenvalue weighted by atomic mass is 9.73. The fraction of sp³-hybridized carbons (Fsp3) is 0.0303. The maximum absolute atomic E-state index is 15.5. The number of carbonyl (C=O) groups excluding carboxylic acids is 2. The number of amides is 2. The van der Waals surface area contributed by atoms with E-state index >= 15 is 9.59 Å². The average Bonchev–Trinajstić information content (AvgIpc) is 3.70. The first-order chi connectivity index (χ1) is 35.1. The Hall–Kier alpha value is -9.32. The second-order valence-corrected chi connectivity index (χ2v) is 18.3. The molecule has 2 atom stereocenters. The summed E-state index contributed by atoms with van der Waals surface area (Å²) in [5.41, 5.74) is 10.2. The highest BCUT2D eigenvalue weighted by Crippen LogP contribution is 2.53. The van der Waals surface area contributed by atoms with Crippen LogP contribution in [0.15, 0.2) is 261 Å². The molecule has 2 amide bonds. The van der Waals surface area contributed by atoms with Crippen LogP contribution in [0.4, 0.5) is 39.8 Å². The van der Waals surface area contributed by atoms with E-state index < -0.39 is 11.8 Å². The largest absolute Gasteiger partial charge is 0.310 e. The second-order valence-electron chi connectivity index (χ2n) is 18.3. The Balaban J connectivity index is 1.06. The minimum Gasteiger partial charge on any atom is -0.310 e. The monoisotopic (exact) mass is 911 g/mol. The van der Waals surface area contributed by atoms with Crippen LogP contribution in [0.5, 0.6) is 0 Å². The molecular weight excluding hydrogens is 867 g/mol. The van der Waals surface area contributed by atoms with Gasteiger partial charge in [0, 0.05) is 33.5 Å². The summed E-state index contributed by atoms with van der Waals surface area (Å²) in [7, 11) is 0. The van der Waals surface area contributed by atoms with Crippen LogP contribution in [-0.4, -0.2) is 11.8 Å². The van der Waals surface area contributed by atoms with Gasteiger partial charge < -0.3 is 9.80 Å². The van der Waals surface area contributed by atoms with Crippen molar-refractivity contribution in [3.63, 3.8) is 0 Å². The summed E-state index contributed by atoms with van der Waals surface area (Å²) in [5.74, 6) is -2.07. The fourth-order valence-corrected chi connectivity index (χ4v) is 11.1.